The topological polar surface area (TPSA) is 24.1 Å². The van der Waals surface area contributed by atoms with Crippen molar-refractivity contribution in [3.63, 3.8) is 0 Å². The molecular weight excluding hydrogens is 204 g/mol. The van der Waals surface area contributed by atoms with Crippen molar-refractivity contribution in [2.24, 2.45) is 0 Å². The lowest BCUT2D eigenvalue weighted by atomic mass is 10.2. The van der Waals surface area contributed by atoms with E-state index in [9.17, 15) is 0 Å². The van der Waals surface area contributed by atoms with E-state index in [1.807, 2.05) is 0 Å². The number of anilines is 2. The van der Waals surface area contributed by atoms with Crippen LogP contribution in [0.15, 0.2) is 35.7 Å². The molecule has 0 aliphatic carbocycles. The number of hydrogen-bond donors (Lipinski definition) is 2. The standard InChI is InChI=1S/C12H12N2S/c1-8-4-5-9-10(7-8)14-12(13-9)11-3-2-6-15-11/h2-7,12-14H,1H3. The predicted octanol–water partition coefficient (Wildman–Crippen LogP) is 3.59. The van der Waals surface area contributed by atoms with Gasteiger partial charge < -0.3 is 10.6 Å². The first-order chi connectivity index (χ1) is 7.33. The maximum absolute atomic E-state index is 3.48. The smallest absolute Gasteiger partial charge is 0.133 e. The van der Waals surface area contributed by atoms with E-state index in [-0.39, 0.29) is 6.17 Å². The van der Waals surface area contributed by atoms with Crippen LogP contribution in [0.25, 0.3) is 0 Å². The number of thiophene rings is 1. The van der Waals surface area contributed by atoms with Crippen LogP contribution in [0.4, 0.5) is 11.4 Å². The zero-order valence-corrected chi connectivity index (χ0v) is 9.27. The first kappa shape index (κ1) is 8.80. The summed E-state index contributed by atoms with van der Waals surface area (Å²) in [6.45, 7) is 2.11. The van der Waals surface area contributed by atoms with E-state index in [0.717, 1.165) is 0 Å². The minimum absolute atomic E-state index is 0.238. The fraction of sp³-hybridized carbons (Fsp3) is 0.167. The van der Waals surface area contributed by atoms with Crippen LogP contribution in [0, 0.1) is 6.92 Å². The van der Waals surface area contributed by atoms with Gasteiger partial charge in [0.15, 0.2) is 0 Å². The van der Waals surface area contributed by atoms with Gasteiger partial charge in [-0.05, 0) is 36.1 Å². The molecule has 76 valence electrons. The van der Waals surface area contributed by atoms with E-state index in [1.165, 1.54) is 21.8 Å². The molecule has 1 unspecified atom stereocenters. The van der Waals surface area contributed by atoms with Crippen LogP contribution in [0.2, 0.25) is 0 Å². The van der Waals surface area contributed by atoms with Crippen molar-refractivity contribution in [1.29, 1.82) is 0 Å². The van der Waals surface area contributed by atoms with Crippen LogP contribution in [0.5, 0.6) is 0 Å². The Bertz CT molecular complexity index is 476. The molecule has 0 spiro atoms. The molecule has 2 heterocycles. The summed E-state index contributed by atoms with van der Waals surface area (Å²) in [6.07, 6.45) is 0.238. The molecule has 0 amide bonds. The van der Waals surface area contributed by atoms with Crippen molar-refractivity contribution >= 4 is 22.7 Å². The fourth-order valence-electron chi connectivity index (χ4n) is 1.85. The molecule has 1 aliphatic heterocycles. The summed E-state index contributed by atoms with van der Waals surface area (Å²) in [5, 5.41) is 9.04. The Morgan fingerprint density at radius 1 is 1.13 bits per heavy atom. The highest BCUT2D eigenvalue weighted by molar-refractivity contribution is 7.10. The normalized spacial score (nSPS) is 18.1. The monoisotopic (exact) mass is 216 g/mol. The summed E-state index contributed by atoms with van der Waals surface area (Å²) in [5.74, 6) is 0. The molecule has 3 rings (SSSR count). The summed E-state index contributed by atoms with van der Waals surface area (Å²) in [4.78, 5) is 1.32. The maximum Gasteiger partial charge on any atom is 0.133 e. The highest BCUT2D eigenvalue weighted by Crippen LogP contribution is 2.36. The number of aryl methyl sites for hydroxylation is 1. The first-order valence-corrected chi connectivity index (χ1v) is 5.88. The van der Waals surface area contributed by atoms with E-state index in [4.69, 9.17) is 0 Å². The van der Waals surface area contributed by atoms with Crippen LogP contribution in [0.3, 0.4) is 0 Å². The fourth-order valence-corrected chi connectivity index (χ4v) is 2.57. The van der Waals surface area contributed by atoms with Crippen molar-refractivity contribution < 1.29 is 0 Å². The molecule has 0 saturated heterocycles. The first-order valence-electron chi connectivity index (χ1n) is 5.00. The third kappa shape index (κ3) is 1.49. The van der Waals surface area contributed by atoms with Gasteiger partial charge in [0, 0.05) is 4.88 Å². The zero-order chi connectivity index (χ0) is 10.3. The largest absolute Gasteiger partial charge is 0.359 e. The predicted molar refractivity (Wildman–Crippen MR) is 65.5 cm³/mol. The van der Waals surface area contributed by atoms with E-state index >= 15 is 0 Å². The van der Waals surface area contributed by atoms with Crippen molar-refractivity contribution in [2.45, 2.75) is 13.1 Å². The molecule has 1 aliphatic rings. The van der Waals surface area contributed by atoms with Gasteiger partial charge in [0.25, 0.3) is 0 Å². The summed E-state index contributed by atoms with van der Waals surface area (Å²) in [6, 6.07) is 10.7. The molecule has 2 aromatic rings. The van der Waals surface area contributed by atoms with E-state index in [0.29, 0.717) is 0 Å². The second-order valence-corrected chi connectivity index (χ2v) is 4.77. The summed E-state index contributed by atoms with van der Waals surface area (Å²) >= 11 is 1.77. The third-order valence-corrected chi connectivity index (χ3v) is 3.54. The molecule has 1 atom stereocenters. The average Bonchev–Trinajstić information content (AvgIpc) is 2.84. The maximum atomic E-state index is 3.48. The van der Waals surface area contributed by atoms with Crippen LogP contribution in [0.1, 0.15) is 16.6 Å². The number of benzene rings is 1. The molecule has 15 heavy (non-hydrogen) atoms. The van der Waals surface area contributed by atoms with Crippen LogP contribution < -0.4 is 10.6 Å². The quantitative estimate of drug-likeness (QED) is 0.761. The third-order valence-electron chi connectivity index (χ3n) is 2.60. The Balaban J connectivity index is 1.92. The molecule has 1 aromatic heterocycles. The number of rotatable bonds is 1. The molecule has 3 heteroatoms. The highest BCUT2D eigenvalue weighted by Gasteiger charge is 2.21. The van der Waals surface area contributed by atoms with E-state index in [1.54, 1.807) is 11.3 Å². The number of fused-ring (bicyclic) bond motifs is 1. The van der Waals surface area contributed by atoms with Gasteiger partial charge in [-0.15, -0.1) is 11.3 Å². The lowest BCUT2D eigenvalue weighted by molar-refractivity contribution is 0.969. The van der Waals surface area contributed by atoms with Gasteiger partial charge in [0.05, 0.1) is 11.4 Å². The van der Waals surface area contributed by atoms with Crippen LogP contribution in [-0.2, 0) is 0 Å². The van der Waals surface area contributed by atoms with Gasteiger partial charge in [-0.3, -0.25) is 0 Å². The van der Waals surface area contributed by atoms with Gasteiger partial charge >= 0.3 is 0 Å². The van der Waals surface area contributed by atoms with Crippen molar-refractivity contribution in [1.82, 2.24) is 0 Å². The van der Waals surface area contributed by atoms with Crippen molar-refractivity contribution in [2.75, 3.05) is 10.6 Å². The summed E-state index contributed by atoms with van der Waals surface area (Å²) < 4.78 is 0. The second kappa shape index (κ2) is 3.28. The Hall–Kier alpha value is -1.48. The Morgan fingerprint density at radius 2 is 2.00 bits per heavy atom. The van der Waals surface area contributed by atoms with Crippen LogP contribution in [-0.4, -0.2) is 0 Å². The molecule has 2 N–H and O–H groups in total. The Morgan fingerprint density at radius 3 is 2.80 bits per heavy atom. The van der Waals surface area contributed by atoms with Gasteiger partial charge in [0.1, 0.15) is 6.17 Å². The molecule has 0 saturated carbocycles. The molecular formula is C12H12N2S. The average molecular weight is 216 g/mol. The van der Waals surface area contributed by atoms with Gasteiger partial charge in [-0.1, -0.05) is 12.1 Å². The minimum atomic E-state index is 0.238. The minimum Gasteiger partial charge on any atom is -0.359 e. The molecule has 0 radical (unpaired) electrons. The van der Waals surface area contributed by atoms with E-state index in [2.05, 4.69) is 53.3 Å². The Labute approximate surface area is 93.0 Å². The number of hydrogen-bond acceptors (Lipinski definition) is 3. The van der Waals surface area contributed by atoms with Crippen molar-refractivity contribution in [3.05, 3.63) is 46.2 Å². The highest BCUT2D eigenvalue weighted by atomic mass is 32.1. The van der Waals surface area contributed by atoms with Gasteiger partial charge in [-0.25, -0.2) is 0 Å². The second-order valence-electron chi connectivity index (χ2n) is 3.79. The number of nitrogens with one attached hydrogen (secondary N) is 2. The molecule has 0 fully saturated rings. The summed E-state index contributed by atoms with van der Waals surface area (Å²) in [5.41, 5.74) is 3.68. The Kier molecular flexibility index (Phi) is 1.92. The lowest BCUT2D eigenvalue weighted by Gasteiger charge is -2.09. The van der Waals surface area contributed by atoms with Gasteiger partial charge in [0.2, 0.25) is 0 Å². The molecule has 0 bridgehead atoms. The van der Waals surface area contributed by atoms with Gasteiger partial charge in [-0.2, -0.15) is 0 Å². The van der Waals surface area contributed by atoms with Crippen LogP contribution >= 0.6 is 11.3 Å². The lowest BCUT2D eigenvalue weighted by Crippen LogP contribution is -2.09. The van der Waals surface area contributed by atoms with Crippen molar-refractivity contribution in [3.8, 4) is 0 Å². The SMILES string of the molecule is Cc1ccc2c(c1)NC(c1cccs1)N2. The van der Waals surface area contributed by atoms with E-state index < -0.39 is 0 Å². The molecule has 1 aromatic carbocycles. The summed E-state index contributed by atoms with van der Waals surface area (Å²) in [7, 11) is 0. The molecule has 2 nitrogen and oxygen atoms in total. The zero-order valence-electron chi connectivity index (χ0n) is 8.45.